The molecule has 3 aromatic rings. The first-order chi connectivity index (χ1) is 11.6. The Morgan fingerprint density at radius 3 is 2.58 bits per heavy atom. The van der Waals surface area contributed by atoms with Gasteiger partial charge in [-0.3, -0.25) is 0 Å². The van der Waals surface area contributed by atoms with Crippen LogP contribution in [0, 0.1) is 17.5 Å². The van der Waals surface area contributed by atoms with E-state index in [1.54, 1.807) is 18.2 Å². The number of benzene rings is 2. The van der Waals surface area contributed by atoms with Gasteiger partial charge in [0, 0.05) is 18.2 Å². The molecular formula is C16H12F3N5. The summed E-state index contributed by atoms with van der Waals surface area (Å²) in [7, 11) is 0. The van der Waals surface area contributed by atoms with Crippen LogP contribution in [0.15, 0.2) is 48.7 Å². The first-order valence-corrected chi connectivity index (χ1v) is 7.01. The van der Waals surface area contributed by atoms with E-state index in [1.165, 1.54) is 18.3 Å². The number of halogens is 3. The molecule has 0 unspecified atom stereocenters. The van der Waals surface area contributed by atoms with Crippen LogP contribution >= 0.6 is 0 Å². The van der Waals surface area contributed by atoms with E-state index in [4.69, 9.17) is 0 Å². The van der Waals surface area contributed by atoms with Crippen LogP contribution in [-0.2, 0) is 6.54 Å². The smallest absolute Gasteiger partial charge is 0.249 e. The Bertz CT molecular complexity index is 857. The molecule has 1 heterocycles. The molecule has 0 aliphatic rings. The first kappa shape index (κ1) is 15.7. The minimum absolute atomic E-state index is 0.0180. The van der Waals surface area contributed by atoms with Gasteiger partial charge in [-0.05, 0) is 18.2 Å². The highest BCUT2D eigenvalue weighted by atomic mass is 19.1. The highest BCUT2D eigenvalue weighted by molar-refractivity contribution is 5.54. The summed E-state index contributed by atoms with van der Waals surface area (Å²) in [6, 6.07) is 9.42. The van der Waals surface area contributed by atoms with Crippen molar-refractivity contribution in [3.8, 4) is 0 Å². The number of rotatable bonds is 5. The molecule has 5 nitrogen and oxygen atoms in total. The summed E-state index contributed by atoms with van der Waals surface area (Å²) in [4.78, 5) is 4.10. The molecule has 0 saturated carbocycles. The number of hydrogen-bond donors (Lipinski definition) is 2. The summed E-state index contributed by atoms with van der Waals surface area (Å²) in [5.74, 6) is -1.43. The lowest BCUT2D eigenvalue weighted by molar-refractivity contribution is 0.586. The van der Waals surface area contributed by atoms with Gasteiger partial charge in [-0.25, -0.2) is 13.2 Å². The molecule has 0 aliphatic carbocycles. The Morgan fingerprint density at radius 1 is 0.958 bits per heavy atom. The topological polar surface area (TPSA) is 62.7 Å². The van der Waals surface area contributed by atoms with Crippen molar-refractivity contribution in [3.05, 3.63) is 71.7 Å². The average Bonchev–Trinajstić information content (AvgIpc) is 2.57. The zero-order valence-corrected chi connectivity index (χ0v) is 12.3. The van der Waals surface area contributed by atoms with Gasteiger partial charge >= 0.3 is 0 Å². The minimum atomic E-state index is -0.775. The van der Waals surface area contributed by atoms with E-state index in [0.717, 1.165) is 12.1 Å². The zero-order chi connectivity index (χ0) is 16.9. The number of nitrogens with one attached hydrogen (secondary N) is 2. The SMILES string of the molecule is Fc1ccc(Nc2nncc(NCc3ccccc3F)n2)c(F)c1. The molecule has 3 rings (SSSR count). The number of aromatic nitrogens is 3. The fraction of sp³-hybridized carbons (Fsp3) is 0.0625. The van der Waals surface area contributed by atoms with Crippen molar-refractivity contribution in [1.29, 1.82) is 0 Å². The molecule has 0 amide bonds. The number of anilines is 3. The maximum atomic E-state index is 13.6. The van der Waals surface area contributed by atoms with Gasteiger partial charge < -0.3 is 10.6 Å². The van der Waals surface area contributed by atoms with E-state index in [-0.39, 0.29) is 24.0 Å². The summed E-state index contributed by atoms with van der Waals surface area (Å²) in [5, 5.41) is 13.0. The molecule has 0 aliphatic heterocycles. The van der Waals surface area contributed by atoms with Crippen molar-refractivity contribution in [2.75, 3.05) is 10.6 Å². The van der Waals surface area contributed by atoms with Gasteiger partial charge in [0.2, 0.25) is 5.95 Å². The van der Waals surface area contributed by atoms with Crippen molar-refractivity contribution < 1.29 is 13.2 Å². The van der Waals surface area contributed by atoms with Crippen molar-refractivity contribution in [2.45, 2.75) is 6.54 Å². The van der Waals surface area contributed by atoms with Gasteiger partial charge in [0.1, 0.15) is 17.5 Å². The molecule has 8 heteroatoms. The first-order valence-electron chi connectivity index (χ1n) is 7.01. The maximum Gasteiger partial charge on any atom is 0.249 e. The summed E-state index contributed by atoms with van der Waals surface area (Å²) in [5.41, 5.74) is 0.486. The zero-order valence-electron chi connectivity index (χ0n) is 12.3. The molecule has 122 valence electrons. The van der Waals surface area contributed by atoms with E-state index < -0.39 is 11.6 Å². The average molecular weight is 331 g/mol. The third-order valence-corrected chi connectivity index (χ3v) is 3.15. The van der Waals surface area contributed by atoms with Gasteiger partial charge in [-0.2, -0.15) is 10.1 Å². The lowest BCUT2D eigenvalue weighted by atomic mass is 10.2. The summed E-state index contributed by atoms with van der Waals surface area (Å²) >= 11 is 0. The van der Waals surface area contributed by atoms with Crippen LogP contribution in [-0.4, -0.2) is 15.2 Å². The van der Waals surface area contributed by atoms with E-state index in [9.17, 15) is 13.2 Å². The normalized spacial score (nSPS) is 10.5. The second-order valence-corrected chi connectivity index (χ2v) is 4.86. The van der Waals surface area contributed by atoms with Gasteiger partial charge in [-0.1, -0.05) is 18.2 Å². The standard InChI is InChI=1S/C16H12F3N5/c17-11-5-6-14(13(19)7-11)22-16-23-15(9-21-24-16)20-8-10-3-1-2-4-12(10)18/h1-7,9H,8H2,(H2,20,22,23,24). The summed E-state index contributed by atoms with van der Waals surface area (Å²) < 4.78 is 40.1. The van der Waals surface area contributed by atoms with Crippen LogP contribution < -0.4 is 10.6 Å². The number of nitrogens with zero attached hydrogens (tertiary/aromatic N) is 3. The van der Waals surface area contributed by atoms with Crippen LogP contribution in [0.5, 0.6) is 0 Å². The quantitative estimate of drug-likeness (QED) is 0.747. The van der Waals surface area contributed by atoms with Crippen LogP contribution in [0.25, 0.3) is 0 Å². The van der Waals surface area contributed by atoms with Crippen LogP contribution in [0.3, 0.4) is 0 Å². The van der Waals surface area contributed by atoms with Gasteiger partial charge in [0.15, 0.2) is 5.82 Å². The molecule has 0 fully saturated rings. The second kappa shape index (κ2) is 6.95. The number of hydrogen-bond acceptors (Lipinski definition) is 5. The van der Waals surface area contributed by atoms with Gasteiger partial charge in [-0.15, -0.1) is 5.10 Å². The van der Waals surface area contributed by atoms with Crippen molar-refractivity contribution in [1.82, 2.24) is 15.2 Å². The van der Waals surface area contributed by atoms with Crippen LogP contribution in [0.1, 0.15) is 5.56 Å². The van der Waals surface area contributed by atoms with Crippen molar-refractivity contribution in [2.24, 2.45) is 0 Å². The maximum absolute atomic E-state index is 13.6. The monoisotopic (exact) mass is 331 g/mol. The van der Waals surface area contributed by atoms with Crippen molar-refractivity contribution in [3.63, 3.8) is 0 Å². The Kier molecular flexibility index (Phi) is 4.55. The third kappa shape index (κ3) is 3.78. The predicted molar refractivity (Wildman–Crippen MR) is 83.2 cm³/mol. The molecule has 24 heavy (non-hydrogen) atoms. The largest absolute Gasteiger partial charge is 0.364 e. The van der Waals surface area contributed by atoms with E-state index in [0.29, 0.717) is 11.4 Å². The highest BCUT2D eigenvalue weighted by Crippen LogP contribution is 2.18. The lowest BCUT2D eigenvalue weighted by Gasteiger charge is -2.09. The van der Waals surface area contributed by atoms with E-state index in [1.807, 2.05) is 0 Å². The summed E-state index contributed by atoms with van der Waals surface area (Å²) in [6.45, 7) is 0.204. The molecule has 2 aromatic carbocycles. The Morgan fingerprint density at radius 2 is 1.79 bits per heavy atom. The fourth-order valence-electron chi connectivity index (χ4n) is 1.98. The lowest BCUT2D eigenvalue weighted by Crippen LogP contribution is -2.07. The van der Waals surface area contributed by atoms with Crippen LogP contribution in [0.4, 0.5) is 30.6 Å². The van der Waals surface area contributed by atoms with E-state index in [2.05, 4.69) is 25.8 Å². The Hall–Kier alpha value is -3.16. The minimum Gasteiger partial charge on any atom is -0.364 e. The molecule has 0 saturated heterocycles. The third-order valence-electron chi connectivity index (χ3n) is 3.15. The molecule has 0 spiro atoms. The molecule has 0 atom stereocenters. The van der Waals surface area contributed by atoms with Gasteiger partial charge in [0.25, 0.3) is 0 Å². The molecule has 1 aromatic heterocycles. The second-order valence-electron chi connectivity index (χ2n) is 4.86. The molecule has 2 N–H and O–H groups in total. The highest BCUT2D eigenvalue weighted by Gasteiger charge is 2.07. The van der Waals surface area contributed by atoms with E-state index >= 15 is 0 Å². The summed E-state index contributed by atoms with van der Waals surface area (Å²) in [6.07, 6.45) is 1.35. The molecule has 0 bridgehead atoms. The molecule has 0 radical (unpaired) electrons. The Labute approximate surface area is 135 Å². The Balaban J connectivity index is 1.71. The molecular weight excluding hydrogens is 319 g/mol. The van der Waals surface area contributed by atoms with Crippen molar-refractivity contribution >= 4 is 17.5 Å². The fourth-order valence-corrected chi connectivity index (χ4v) is 1.98. The predicted octanol–water partition coefficient (Wildman–Crippen LogP) is 3.64. The van der Waals surface area contributed by atoms with Crippen LogP contribution in [0.2, 0.25) is 0 Å². The van der Waals surface area contributed by atoms with Gasteiger partial charge in [0.05, 0.1) is 11.9 Å².